The maximum atomic E-state index is 12.2. The number of rotatable bonds is 7. The molecule has 0 saturated heterocycles. The molecule has 2 amide bonds. The summed E-state index contributed by atoms with van der Waals surface area (Å²) in [7, 11) is 0. The van der Waals surface area contributed by atoms with E-state index in [2.05, 4.69) is 39.1 Å². The van der Waals surface area contributed by atoms with Gasteiger partial charge < -0.3 is 5.32 Å². The quantitative estimate of drug-likeness (QED) is 0.718. The van der Waals surface area contributed by atoms with Crippen LogP contribution in [0, 0.1) is 5.92 Å². The highest BCUT2D eigenvalue weighted by atomic mass is 32.2. The SMILES string of the molecule is CSCc1nc(CNC(=O)Nc2ccnn2C[C@@H]2CC=CCC2)cs1. The van der Waals surface area contributed by atoms with Gasteiger partial charge in [0.1, 0.15) is 10.8 Å². The van der Waals surface area contributed by atoms with Gasteiger partial charge in [-0.3, -0.25) is 5.32 Å². The zero-order chi connectivity index (χ0) is 17.5. The van der Waals surface area contributed by atoms with Crippen molar-refractivity contribution in [3.05, 3.63) is 40.5 Å². The Morgan fingerprint density at radius 2 is 2.40 bits per heavy atom. The number of thiazole rings is 1. The summed E-state index contributed by atoms with van der Waals surface area (Å²) in [6.07, 6.45) is 11.6. The number of amides is 2. The van der Waals surface area contributed by atoms with Crippen LogP contribution in [-0.4, -0.2) is 27.1 Å². The molecule has 6 nitrogen and oxygen atoms in total. The Morgan fingerprint density at radius 1 is 1.48 bits per heavy atom. The number of allylic oxidation sites excluding steroid dienone is 2. The third kappa shape index (κ3) is 5.34. The molecular formula is C17H23N5OS2. The maximum absolute atomic E-state index is 12.2. The molecule has 0 unspecified atom stereocenters. The van der Waals surface area contributed by atoms with Crippen LogP contribution in [-0.2, 0) is 18.8 Å². The molecule has 1 aliphatic carbocycles. The van der Waals surface area contributed by atoms with Crippen LogP contribution in [0.3, 0.4) is 0 Å². The molecule has 2 aromatic heterocycles. The Bertz CT molecular complexity index is 724. The molecule has 0 aliphatic heterocycles. The zero-order valence-corrected chi connectivity index (χ0v) is 15.9. The second-order valence-electron chi connectivity index (χ2n) is 6.02. The van der Waals surface area contributed by atoms with Crippen LogP contribution in [0.5, 0.6) is 0 Å². The fraction of sp³-hybridized carbons (Fsp3) is 0.471. The van der Waals surface area contributed by atoms with Crippen molar-refractivity contribution in [1.82, 2.24) is 20.1 Å². The Kier molecular flexibility index (Phi) is 6.52. The first-order valence-corrected chi connectivity index (χ1v) is 10.7. The second-order valence-corrected chi connectivity index (χ2v) is 7.83. The number of nitrogens with one attached hydrogen (secondary N) is 2. The van der Waals surface area contributed by atoms with Crippen LogP contribution < -0.4 is 10.6 Å². The summed E-state index contributed by atoms with van der Waals surface area (Å²) in [5, 5.41) is 13.2. The van der Waals surface area contributed by atoms with E-state index < -0.39 is 0 Å². The Morgan fingerprint density at radius 3 is 3.20 bits per heavy atom. The van der Waals surface area contributed by atoms with Gasteiger partial charge >= 0.3 is 6.03 Å². The first kappa shape index (κ1) is 18.0. The minimum absolute atomic E-state index is 0.232. The molecule has 25 heavy (non-hydrogen) atoms. The number of urea groups is 1. The fourth-order valence-corrected chi connectivity index (χ4v) is 4.32. The number of carbonyl (C=O) groups is 1. The summed E-state index contributed by atoms with van der Waals surface area (Å²) >= 11 is 3.37. The Balaban J connectivity index is 1.49. The Labute approximate surface area is 156 Å². The summed E-state index contributed by atoms with van der Waals surface area (Å²) in [4.78, 5) is 16.7. The molecule has 1 aliphatic rings. The molecule has 134 valence electrons. The normalized spacial score (nSPS) is 16.8. The monoisotopic (exact) mass is 377 g/mol. The average Bonchev–Trinajstić information content (AvgIpc) is 3.24. The molecule has 0 radical (unpaired) electrons. The van der Waals surface area contributed by atoms with E-state index in [-0.39, 0.29) is 6.03 Å². The number of anilines is 1. The van der Waals surface area contributed by atoms with Crippen molar-refractivity contribution < 1.29 is 4.79 Å². The van der Waals surface area contributed by atoms with Crippen molar-refractivity contribution in [2.75, 3.05) is 11.6 Å². The van der Waals surface area contributed by atoms with Crippen LogP contribution in [0.2, 0.25) is 0 Å². The number of nitrogens with zero attached hydrogens (tertiary/aromatic N) is 3. The van der Waals surface area contributed by atoms with E-state index in [1.807, 2.05) is 16.1 Å². The van der Waals surface area contributed by atoms with Crippen molar-refractivity contribution >= 4 is 34.9 Å². The Hall–Kier alpha value is -1.80. The number of aromatic nitrogens is 3. The predicted molar refractivity (Wildman–Crippen MR) is 104 cm³/mol. The van der Waals surface area contributed by atoms with E-state index >= 15 is 0 Å². The van der Waals surface area contributed by atoms with Crippen molar-refractivity contribution in [3.63, 3.8) is 0 Å². The van der Waals surface area contributed by atoms with Crippen LogP contribution in [0.4, 0.5) is 10.6 Å². The molecule has 8 heteroatoms. The van der Waals surface area contributed by atoms with Crippen LogP contribution in [0.15, 0.2) is 29.8 Å². The average molecular weight is 378 g/mol. The van der Waals surface area contributed by atoms with Crippen molar-refractivity contribution in [1.29, 1.82) is 0 Å². The first-order valence-electron chi connectivity index (χ1n) is 8.38. The fourth-order valence-electron chi connectivity index (χ4n) is 2.80. The second kappa shape index (κ2) is 9.05. The molecule has 0 aromatic carbocycles. The number of hydrogen-bond donors (Lipinski definition) is 2. The van der Waals surface area contributed by atoms with Crippen LogP contribution in [0.25, 0.3) is 0 Å². The number of hydrogen-bond acceptors (Lipinski definition) is 5. The standard InChI is InChI=1S/C17H23N5OS2/c1-24-12-16-20-14(11-25-16)9-18-17(23)21-15-7-8-19-22(15)10-13-5-3-2-4-6-13/h2-3,7-8,11,13H,4-6,9-10,12H2,1H3,(H2,18,21,23)/t13-/m1/s1. The van der Waals surface area contributed by atoms with Gasteiger partial charge in [-0.15, -0.1) is 11.3 Å². The lowest BCUT2D eigenvalue weighted by Crippen LogP contribution is -2.29. The molecule has 1 atom stereocenters. The van der Waals surface area contributed by atoms with Gasteiger partial charge in [0.05, 0.1) is 18.4 Å². The van der Waals surface area contributed by atoms with Gasteiger partial charge in [-0.25, -0.2) is 14.5 Å². The van der Waals surface area contributed by atoms with Crippen molar-refractivity contribution in [2.24, 2.45) is 5.92 Å². The highest BCUT2D eigenvalue weighted by molar-refractivity contribution is 7.97. The largest absolute Gasteiger partial charge is 0.332 e. The van der Waals surface area contributed by atoms with Gasteiger partial charge in [-0.05, 0) is 31.4 Å². The van der Waals surface area contributed by atoms with E-state index in [4.69, 9.17) is 0 Å². The van der Waals surface area contributed by atoms with E-state index in [0.717, 1.165) is 41.7 Å². The van der Waals surface area contributed by atoms with Gasteiger partial charge in [-0.1, -0.05) is 12.2 Å². The summed E-state index contributed by atoms with van der Waals surface area (Å²) in [6, 6.07) is 1.60. The third-order valence-corrected chi connectivity index (χ3v) is 5.71. The molecule has 2 aromatic rings. The lowest BCUT2D eigenvalue weighted by atomic mass is 9.94. The van der Waals surface area contributed by atoms with Crippen LogP contribution in [0.1, 0.15) is 30.0 Å². The molecular weight excluding hydrogens is 354 g/mol. The highest BCUT2D eigenvalue weighted by Crippen LogP contribution is 2.21. The minimum atomic E-state index is -0.232. The first-order chi connectivity index (χ1) is 12.2. The molecule has 2 N–H and O–H groups in total. The zero-order valence-electron chi connectivity index (χ0n) is 14.3. The maximum Gasteiger partial charge on any atom is 0.320 e. The lowest BCUT2D eigenvalue weighted by molar-refractivity contribution is 0.251. The summed E-state index contributed by atoms with van der Waals surface area (Å²) < 4.78 is 1.88. The van der Waals surface area contributed by atoms with E-state index in [9.17, 15) is 4.79 Å². The lowest BCUT2D eigenvalue weighted by Gasteiger charge is -2.19. The topological polar surface area (TPSA) is 71.8 Å². The van der Waals surface area contributed by atoms with Gasteiger partial charge in [0.2, 0.25) is 0 Å². The molecule has 3 rings (SSSR count). The van der Waals surface area contributed by atoms with Crippen molar-refractivity contribution in [3.8, 4) is 0 Å². The smallest absolute Gasteiger partial charge is 0.320 e. The highest BCUT2D eigenvalue weighted by Gasteiger charge is 2.14. The summed E-state index contributed by atoms with van der Waals surface area (Å²) in [5.41, 5.74) is 0.895. The van der Waals surface area contributed by atoms with Gasteiger partial charge in [0.15, 0.2) is 0 Å². The van der Waals surface area contributed by atoms with Gasteiger partial charge in [0, 0.05) is 23.7 Å². The van der Waals surface area contributed by atoms with E-state index in [1.54, 1.807) is 29.3 Å². The molecule has 0 fully saturated rings. The molecule has 0 spiro atoms. The van der Waals surface area contributed by atoms with Crippen molar-refractivity contribution in [2.45, 2.75) is 38.1 Å². The van der Waals surface area contributed by atoms with Crippen LogP contribution >= 0.6 is 23.1 Å². The van der Waals surface area contributed by atoms with E-state index in [1.165, 1.54) is 6.42 Å². The van der Waals surface area contributed by atoms with E-state index in [0.29, 0.717) is 12.5 Å². The van der Waals surface area contributed by atoms with Gasteiger partial charge in [-0.2, -0.15) is 16.9 Å². The number of carbonyl (C=O) groups excluding carboxylic acids is 1. The predicted octanol–water partition coefficient (Wildman–Crippen LogP) is 3.88. The third-order valence-electron chi connectivity index (χ3n) is 4.06. The summed E-state index contributed by atoms with van der Waals surface area (Å²) in [5.74, 6) is 2.22. The number of thioether (sulfide) groups is 1. The minimum Gasteiger partial charge on any atom is -0.332 e. The van der Waals surface area contributed by atoms with Gasteiger partial charge in [0.25, 0.3) is 0 Å². The molecule has 0 bridgehead atoms. The molecule has 0 saturated carbocycles. The molecule has 2 heterocycles. The summed E-state index contributed by atoms with van der Waals surface area (Å²) in [6.45, 7) is 1.26.